The smallest absolute Gasteiger partial charge is 0.384 e. The minimum absolute atomic E-state index is 0.0343. The molecule has 1 aromatic carbocycles. The Hall–Kier alpha value is -3.55. The number of benzene rings is 1. The fraction of sp³-hybridized carbons (Fsp3) is 0.797. The number of carbonyl (C=O) groups is 1. The Kier molecular flexibility index (Phi) is 20.9. The Bertz CT molecular complexity index is 2680. The van der Waals surface area contributed by atoms with Crippen molar-refractivity contribution in [1.82, 2.24) is 39.9 Å². The van der Waals surface area contributed by atoms with Gasteiger partial charge >= 0.3 is 6.18 Å². The highest BCUT2D eigenvalue weighted by Crippen LogP contribution is 2.47. The van der Waals surface area contributed by atoms with Crippen molar-refractivity contribution in [3.8, 4) is 0 Å². The number of nitrogens with one attached hydrogen (secondary N) is 2. The zero-order valence-corrected chi connectivity index (χ0v) is 54.8. The van der Waals surface area contributed by atoms with Gasteiger partial charge in [0.05, 0.1) is 49.4 Å². The monoisotopic (exact) mass is 1200 g/mol. The van der Waals surface area contributed by atoms with Crippen molar-refractivity contribution < 1.29 is 32.2 Å². The molecule has 2 aromatic rings. The summed E-state index contributed by atoms with van der Waals surface area (Å²) in [5.74, 6) is 1.33. The van der Waals surface area contributed by atoms with Crippen LogP contribution in [0.5, 0.6) is 0 Å². The number of hydrogen-bond acceptors (Lipinski definition) is 12. The van der Waals surface area contributed by atoms with E-state index in [9.17, 15) is 0 Å². The van der Waals surface area contributed by atoms with Crippen molar-refractivity contribution >= 4 is 34.3 Å². The van der Waals surface area contributed by atoms with E-state index in [1.165, 1.54) is 25.7 Å². The summed E-state index contributed by atoms with van der Waals surface area (Å²) >= 11 is 0. The van der Waals surface area contributed by atoms with E-state index >= 15 is 18.0 Å². The zero-order valence-electron chi connectivity index (χ0n) is 54.8. The van der Waals surface area contributed by atoms with Crippen LogP contribution in [0.25, 0.3) is 16.5 Å². The third-order valence-corrected chi connectivity index (χ3v) is 21.6. The molecule has 2 saturated carbocycles. The normalized spacial score (nSPS) is 25.2. The fourth-order valence-corrected chi connectivity index (χ4v) is 16.4. The number of alkyl halides is 3. The minimum atomic E-state index is -4.49. The average Bonchev–Trinajstić information content (AvgIpc) is 1.57. The van der Waals surface area contributed by atoms with E-state index in [1.54, 1.807) is 18.8 Å². The largest absolute Gasteiger partial charge is 0.406 e. The Morgan fingerprint density at radius 2 is 1.76 bits per heavy atom. The Morgan fingerprint density at radius 3 is 2.36 bits per heavy atom. The number of hydrazine groups is 1. The van der Waals surface area contributed by atoms with Crippen LogP contribution >= 0.6 is 0 Å². The highest BCUT2D eigenvalue weighted by molar-refractivity contribution is 5.94. The predicted molar refractivity (Wildman–Crippen MR) is 342 cm³/mol. The Balaban J connectivity index is 1.05. The number of likely N-dealkylation sites (tertiary alicyclic amines) is 3. The van der Waals surface area contributed by atoms with E-state index in [1.807, 2.05) is 13.0 Å². The van der Waals surface area contributed by atoms with E-state index in [-0.39, 0.29) is 52.6 Å². The number of hydrogen-bond donors (Lipinski definition) is 2. The van der Waals surface area contributed by atoms with Crippen molar-refractivity contribution in [3.63, 3.8) is 0 Å². The number of rotatable bonds is 32. The first-order valence-corrected chi connectivity index (χ1v) is 33.9. The van der Waals surface area contributed by atoms with E-state index in [0.717, 1.165) is 165 Å². The highest BCUT2D eigenvalue weighted by atomic mass is 19.4. The lowest BCUT2D eigenvalue weighted by atomic mass is 9.76. The maximum absolute atomic E-state index is 15.9. The summed E-state index contributed by atoms with van der Waals surface area (Å²) < 4.78 is 65.6. The number of methoxy groups -OCH3 is 2. The zero-order chi connectivity index (χ0) is 61.3. The SMILES string of the molecule is C=C(C(NC(=O)C(C(C)C)N1CCCC1(CC)CN(CC)CCC)C(CN1CC2(COC2)C1)C(C)CN(CCC1CC1)c1ccc2c(c1)c(CC(C)(C)COC)c(C1=C(C(C)OC)N=CC(C3CN(C4CC4)C3)C1)n2CC(F)(F)F)N1CCCCN1. The van der Waals surface area contributed by atoms with Crippen LogP contribution in [0, 0.1) is 46.3 Å². The molecule has 7 fully saturated rings. The summed E-state index contributed by atoms with van der Waals surface area (Å²) in [5, 5.41) is 6.96. The van der Waals surface area contributed by atoms with Gasteiger partial charge in [-0.25, -0.2) is 5.43 Å². The molecule has 10 rings (SSSR count). The predicted octanol–water partition coefficient (Wildman–Crippen LogP) is 11.1. The molecule has 1 amide bonds. The van der Waals surface area contributed by atoms with Gasteiger partial charge in [0, 0.05) is 143 Å². The second-order valence-corrected chi connectivity index (χ2v) is 29.5. The molecular formula is C69H111F3N10O4. The Labute approximate surface area is 515 Å². The number of nitrogens with zero attached hydrogens (tertiary/aromatic N) is 8. The summed E-state index contributed by atoms with van der Waals surface area (Å²) in [5.41, 5.74) is 9.04. The summed E-state index contributed by atoms with van der Waals surface area (Å²) in [6.45, 7) is 37.7. The average molecular weight is 1200 g/mol. The van der Waals surface area contributed by atoms with Crippen LogP contribution < -0.4 is 15.6 Å². The number of carbonyl (C=O) groups excluding carboxylic acids is 1. The van der Waals surface area contributed by atoms with Crippen LogP contribution in [0.3, 0.4) is 0 Å². The second kappa shape index (κ2) is 27.5. The highest BCUT2D eigenvalue weighted by Gasteiger charge is 2.52. The third-order valence-electron chi connectivity index (χ3n) is 21.6. The van der Waals surface area contributed by atoms with Gasteiger partial charge in [0.25, 0.3) is 0 Å². The van der Waals surface area contributed by atoms with Gasteiger partial charge in [-0.1, -0.05) is 74.8 Å². The van der Waals surface area contributed by atoms with Crippen LogP contribution in [-0.2, 0) is 32.0 Å². The first-order valence-electron chi connectivity index (χ1n) is 33.9. The lowest BCUT2D eigenvalue weighted by Crippen LogP contribution is -2.68. The van der Waals surface area contributed by atoms with Crippen molar-refractivity contribution in [2.45, 2.75) is 188 Å². The molecule has 7 atom stereocenters. The molecule has 0 radical (unpaired) electrons. The van der Waals surface area contributed by atoms with E-state index in [2.05, 4.69) is 114 Å². The number of fused-ring (bicyclic) bond motifs is 1. The Morgan fingerprint density at radius 1 is 1.00 bits per heavy atom. The van der Waals surface area contributed by atoms with Gasteiger partial charge in [-0.2, -0.15) is 13.2 Å². The maximum Gasteiger partial charge on any atom is 0.406 e. The van der Waals surface area contributed by atoms with Gasteiger partial charge < -0.3 is 43.8 Å². The van der Waals surface area contributed by atoms with Crippen molar-refractivity contribution in [2.75, 3.05) is 124 Å². The molecule has 8 aliphatic rings. The van der Waals surface area contributed by atoms with Crippen LogP contribution in [0.4, 0.5) is 18.9 Å². The van der Waals surface area contributed by atoms with E-state index < -0.39 is 24.2 Å². The van der Waals surface area contributed by atoms with Crippen LogP contribution in [-0.4, -0.2) is 196 Å². The minimum Gasteiger partial charge on any atom is -0.384 e. The molecule has 17 heteroatoms. The van der Waals surface area contributed by atoms with Gasteiger partial charge in [-0.05, 0) is 150 Å². The molecule has 6 aliphatic heterocycles. The maximum atomic E-state index is 15.9. The molecule has 1 spiro atoms. The number of amides is 1. The van der Waals surface area contributed by atoms with Gasteiger partial charge in [-0.3, -0.25) is 19.6 Å². The molecule has 7 unspecified atom stereocenters. The lowest BCUT2D eigenvalue weighted by molar-refractivity contribution is -0.192. The van der Waals surface area contributed by atoms with Crippen molar-refractivity contribution in [2.24, 2.45) is 51.3 Å². The summed E-state index contributed by atoms with van der Waals surface area (Å²) in [4.78, 5) is 33.9. The number of likely N-dealkylation sites (N-methyl/N-ethyl adjacent to an activating group) is 1. The second-order valence-electron chi connectivity index (χ2n) is 29.5. The molecule has 14 nitrogen and oxygen atoms in total. The number of halogens is 3. The van der Waals surface area contributed by atoms with Crippen molar-refractivity contribution in [3.05, 3.63) is 47.4 Å². The molecule has 482 valence electrons. The number of ether oxygens (including phenoxy) is 3. The van der Waals surface area contributed by atoms with Gasteiger partial charge in [0.1, 0.15) is 6.54 Å². The number of aliphatic imine (C=N–C) groups is 1. The molecule has 5 saturated heterocycles. The number of aromatic nitrogens is 1. The van der Waals surface area contributed by atoms with E-state index in [0.29, 0.717) is 60.8 Å². The molecule has 86 heavy (non-hydrogen) atoms. The van der Waals surface area contributed by atoms with Crippen LogP contribution in [0.2, 0.25) is 0 Å². The van der Waals surface area contributed by atoms with Crippen LogP contribution in [0.15, 0.2) is 41.2 Å². The van der Waals surface area contributed by atoms with Gasteiger partial charge in [0.2, 0.25) is 5.91 Å². The summed E-state index contributed by atoms with van der Waals surface area (Å²) in [6.07, 6.45) is 10.6. The third kappa shape index (κ3) is 14.8. The first-order chi connectivity index (χ1) is 41.1. The summed E-state index contributed by atoms with van der Waals surface area (Å²) in [6, 6.07) is 6.30. The van der Waals surface area contributed by atoms with E-state index in [4.69, 9.17) is 25.8 Å². The number of anilines is 1. The quantitative estimate of drug-likeness (QED) is 0.0732. The molecule has 2 aliphatic carbocycles. The van der Waals surface area contributed by atoms with Gasteiger partial charge in [0.15, 0.2) is 0 Å². The molecule has 0 bridgehead atoms. The topological polar surface area (TPSA) is 106 Å². The molecule has 2 N–H and O–H groups in total. The number of allylic oxidation sites excluding steroid dienone is 1. The molecule has 1 aromatic heterocycles. The van der Waals surface area contributed by atoms with Gasteiger partial charge in [-0.15, -0.1) is 0 Å². The molecular weight excluding hydrogens is 1090 g/mol. The summed E-state index contributed by atoms with van der Waals surface area (Å²) in [7, 11) is 3.38. The lowest BCUT2D eigenvalue weighted by Gasteiger charge is -2.56. The first kappa shape index (κ1) is 65.4. The van der Waals surface area contributed by atoms with Crippen molar-refractivity contribution in [1.29, 1.82) is 0 Å². The standard InChI is InChI=1S/C69H111F3N10O4/c1-13-28-76(15-3)42-68(14-2)26-18-29-81(68)63(47(4)5)65(83)75-61(49(7)82-30-17-16-27-74-82)59(39-77-40-67(41-77)45-86-46-67)48(6)36-78(31-25-51-19-20-51)55-23-24-60-56(33-55)58(34-66(9,10)44-84-11)64(80(60)43-69(70,71)72)57-32-52(35-73-62(57)50(8)85-12)53-37-79(38-53)54-21-22-54/h23-24,33,35,47-48,50-54,59,61,63,74H,7,13-22,25-32,34,36-46H2,1-6,8-12H3,(H,75,83). The molecule has 7 heterocycles. The van der Waals surface area contributed by atoms with Crippen LogP contribution in [0.1, 0.15) is 151 Å². The fourth-order valence-electron chi connectivity index (χ4n) is 16.4.